The summed E-state index contributed by atoms with van der Waals surface area (Å²) in [6.45, 7) is 12.3. The van der Waals surface area contributed by atoms with Crippen LogP contribution in [0.2, 0.25) is 0 Å². The minimum Gasteiger partial charge on any atom is -0.370 e. The smallest absolute Gasteiger partial charge is 0.185 e. The highest BCUT2D eigenvalue weighted by Gasteiger charge is 2.46. The minimum absolute atomic E-state index is 0.221. The first-order chi connectivity index (χ1) is 7.93. The summed E-state index contributed by atoms with van der Waals surface area (Å²) in [6, 6.07) is 0. The quantitative estimate of drug-likeness (QED) is 0.384. The Kier molecular flexibility index (Phi) is 3.32. The first-order valence-electron chi connectivity index (χ1n) is 6.67. The number of guanidine groups is 1. The molecule has 5 heteroatoms. The Morgan fingerprint density at radius 2 is 1.65 bits per heavy atom. The highest BCUT2D eigenvalue weighted by atomic mass is 15.5. The lowest BCUT2D eigenvalue weighted by Crippen LogP contribution is -2.74. The van der Waals surface area contributed by atoms with Gasteiger partial charge in [-0.25, -0.2) is 0 Å². The first kappa shape index (κ1) is 12.6. The normalized spacial score (nSPS) is 37.8. The summed E-state index contributed by atoms with van der Waals surface area (Å²) in [6.07, 6.45) is 0. The van der Waals surface area contributed by atoms with E-state index < -0.39 is 0 Å². The van der Waals surface area contributed by atoms with Gasteiger partial charge in [0, 0.05) is 5.92 Å². The second kappa shape index (κ2) is 4.46. The second-order valence-electron chi connectivity index (χ2n) is 6.36. The Bertz CT molecular complexity index is 283. The van der Waals surface area contributed by atoms with Gasteiger partial charge in [0.05, 0.1) is 20.1 Å². The molecule has 98 valence electrons. The molecule has 5 nitrogen and oxygen atoms in total. The van der Waals surface area contributed by atoms with Crippen molar-refractivity contribution < 1.29 is 8.97 Å². The third kappa shape index (κ3) is 2.90. The van der Waals surface area contributed by atoms with Crippen molar-refractivity contribution in [3.8, 4) is 0 Å². The molecular formula is C12H27N5+2. The fraction of sp³-hybridized carbons (Fsp3) is 0.917. The molecule has 3 aliphatic rings. The molecule has 3 heterocycles. The van der Waals surface area contributed by atoms with Crippen molar-refractivity contribution in [3.05, 3.63) is 0 Å². The lowest BCUT2D eigenvalue weighted by atomic mass is 10.0. The molecule has 3 saturated heterocycles. The molecule has 0 spiro atoms. The molecule has 0 saturated carbocycles. The van der Waals surface area contributed by atoms with E-state index in [2.05, 4.69) is 19.0 Å². The van der Waals surface area contributed by atoms with Crippen molar-refractivity contribution >= 4 is 5.96 Å². The number of rotatable bonds is 4. The van der Waals surface area contributed by atoms with Crippen molar-refractivity contribution in [3.63, 3.8) is 0 Å². The lowest BCUT2D eigenvalue weighted by molar-refractivity contribution is -1.07. The van der Waals surface area contributed by atoms with Crippen LogP contribution < -0.4 is 11.5 Å². The number of nitrogens with two attached hydrogens (primary N) is 2. The Morgan fingerprint density at radius 3 is 2.12 bits per heavy atom. The molecule has 0 amide bonds. The molecule has 3 fully saturated rings. The average Bonchev–Trinajstić information content (AvgIpc) is 2.29. The Hall–Kier alpha value is -0.810. The van der Waals surface area contributed by atoms with Crippen molar-refractivity contribution in [1.82, 2.24) is 0 Å². The summed E-state index contributed by atoms with van der Waals surface area (Å²) >= 11 is 0. The number of quaternary nitrogens is 2. The maximum Gasteiger partial charge on any atom is 0.185 e. The molecule has 2 bridgehead atoms. The molecule has 3 rings (SSSR count). The zero-order valence-electron chi connectivity index (χ0n) is 11.2. The summed E-state index contributed by atoms with van der Waals surface area (Å²) in [5.74, 6) is 0.797. The highest BCUT2D eigenvalue weighted by molar-refractivity contribution is 5.75. The summed E-state index contributed by atoms with van der Waals surface area (Å²) < 4.78 is 2.59. The summed E-state index contributed by atoms with van der Waals surface area (Å²) in [5.41, 5.74) is 10.8. The third-order valence-corrected chi connectivity index (χ3v) is 4.63. The van der Waals surface area contributed by atoms with E-state index in [1.54, 1.807) is 0 Å². The molecule has 0 aliphatic carbocycles. The van der Waals surface area contributed by atoms with Crippen LogP contribution in [0.4, 0.5) is 0 Å². The number of fused-ring (bicyclic) bond motifs is 3. The van der Waals surface area contributed by atoms with Crippen LogP contribution in [0.25, 0.3) is 0 Å². The zero-order valence-corrected chi connectivity index (χ0v) is 11.2. The molecule has 17 heavy (non-hydrogen) atoms. The van der Waals surface area contributed by atoms with Gasteiger partial charge in [-0.05, 0) is 0 Å². The number of nitrogens with zero attached hydrogens (tertiary/aromatic N) is 3. The standard InChI is InChI=1S/C12H27N5/c1-11(9-15-12(13)14)10-17-6-3-16(2,4-7-17)5-8-17/h11H,3-10H2,1-2H3,(H4,13,14,15)/q+2/t11-,16?,17?/m1/s1. The molecule has 0 aromatic heterocycles. The zero-order chi connectivity index (χ0) is 12.5. The molecule has 0 aromatic carbocycles. The maximum atomic E-state index is 5.38. The van der Waals surface area contributed by atoms with Crippen LogP contribution >= 0.6 is 0 Å². The Balaban J connectivity index is 1.88. The molecule has 4 N–H and O–H groups in total. The fourth-order valence-corrected chi connectivity index (χ4v) is 3.29. The molecule has 1 atom stereocenters. The van der Waals surface area contributed by atoms with Gasteiger partial charge in [0.2, 0.25) is 0 Å². The van der Waals surface area contributed by atoms with Crippen molar-refractivity contribution in [2.24, 2.45) is 22.4 Å². The number of likely N-dealkylation sites (N-methyl/N-ethyl adjacent to an activating group) is 1. The van der Waals surface area contributed by atoms with E-state index in [4.69, 9.17) is 11.5 Å². The molecule has 0 radical (unpaired) electrons. The van der Waals surface area contributed by atoms with Crippen LogP contribution in [0, 0.1) is 5.92 Å². The summed E-state index contributed by atoms with van der Waals surface area (Å²) in [4.78, 5) is 4.14. The van der Waals surface area contributed by atoms with Gasteiger partial charge < -0.3 is 20.4 Å². The van der Waals surface area contributed by atoms with Gasteiger partial charge in [-0.2, -0.15) is 0 Å². The number of hydrogen-bond acceptors (Lipinski definition) is 1. The van der Waals surface area contributed by atoms with Gasteiger partial charge in [-0.1, -0.05) is 6.92 Å². The Morgan fingerprint density at radius 1 is 1.12 bits per heavy atom. The predicted octanol–water partition coefficient (Wildman–Crippen LogP) is -0.813. The highest BCUT2D eigenvalue weighted by Crippen LogP contribution is 2.25. The van der Waals surface area contributed by atoms with E-state index in [0.717, 1.165) is 6.54 Å². The predicted molar refractivity (Wildman–Crippen MR) is 70.4 cm³/mol. The van der Waals surface area contributed by atoms with Crippen molar-refractivity contribution in [2.75, 3.05) is 59.4 Å². The number of hydrogen-bond donors (Lipinski definition) is 2. The lowest BCUT2D eigenvalue weighted by Gasteiger charge is -2.54. The number of piperazine rings is 3. The topological polar surface area (TPSA) is 64.4 Å². The van der Waals surface area contributed by atoms with E-state index in [1.807, 2.05) is 0 Å². The Labute approximate surface area is 104 Å². The second-order valence-corrected chi connectivity index (χ2v) is 6.36. The van der Waals surface area contributed by atoms with Gasteiger partial charge in [-0.3, -0.25) is 4.99 Å². The molecule has 0 aromatic rings. The van der Waals surface area contributed by atoms with E-state index in [9.17, 15) is 0 Å². The van der Waals surface area contributed by atoms with Gasteiger partial charge in [0.25, 0.3) is 0 Å². The molecular weight excluding hydrogens is 214 g/mol. The van der Waals surface area contributed by atoms with E-state index in [-0.39, 0.29) is 5.96 Å². The van der Waals surface area contributed by atoms with Gasteiger partial charge >= 0.3 is 0 Å². The SMILES string of the molecule is C[C@H](CN=C(N)N)C[N+]12CC[N+](C)(CC1)CC2. The van der Waals surface area contributed by atoms with Crippen LogP contribution in [-0.4, -0.2) is 74.3 Å². The maximum absolute atomic E-state index is 5.38. The third-order valence-electron chi connectivity index (χ3n) is 4.63. The summed E-state index contributed by atoms with van der Waals surface area (Å²) in [5, 5.41) is 0. The van der Waals surface area contributed by atoms with Gasteiger partial charge in [0.15, 0.2) is 5.96 Å². The van der Waals surface area contributed by atoms with Crippen LogP contribution in [0.5, 0.6) is 0 Å². The number of aliphatic imine (C=N–C) groups is 1. The first-order valence-corrected chi connectivity index (χ1v) is 6.67. The fourth-order valence-electron chi connectivity index (χ4n) is 3.29. The van der Waals surface area contributed by atoms with Gasteiger partial charge in [-0.15, -0.1) is 0 Å². The minimum atomic E-state index is 0.221. The van der Waals surface area contributed by atoms with E-state index in [1.165, 1.54) is 54.8 Å². The van der Waals surface area contributed by atoms with Crippen LogP contribution in [0.1, 0.15) is 6.92 Å². The van der Waals surface area contributed by atoms with Crippen molar-refractivity contribution in [1.29, 1.82) is 0 Å². The monoisotopic (exact) mass is 241 g/mol. The molecule has 0 unspecified atom stereocenters. The largest absolute Gasteiger partial charge is 0.370 e. The average molecular weight is 241 g/mol. The van der Waals surface area contributed by atoms with E-state index in [0.29, 0.717) is 5.92 Å². The van der Waals surface area contributed by atoms with Crippen LogP contribution in [0.3, 0.4) is 0 Å². The molecule has 3 aliphatic heterocycles. The van der Waals surface area contributed by atoms with Crippen molar-refractivity contribution in [2.45, 2.75) is 6.92 Å². The summed E-state index contributed by atoms with van der Waals surface area (Å²) in [7, 11) is 2.40. The van der Waals surface area contributed by atoms with E-state index >= 15 is 0 Å². The van der Waals surface area contributed by atoms with Crippen LogP contribution in [-0.2, 0) is 0 Å². The van der Waals surface area contributed by atoms with Gasteiger partial charge in [0.1, 0.15) is 39.3 Å². The van der Waals surface area contributed by atoms with Crippen LogP contribution in [0.15, 0.2) is 4.99 Å².